The summed E-state index contributed by atoms with van der Waals surface area (Å²) in [5, 5.41) is 0. The standard InChI is InChI=1S/C10H17BrO/c1-10(2,3)7-4-5-9(12)8(11)6-7/h7-8H,4-6H2,1-3H3/t7-,8-/m0/s1. The number of alkyl halides is 1. The Kier molecular flexibility index (Phi) is 2.97. The zero-order valence-corrected chi connectivity index (χ0v) is 9.65. The highest BCUT2D eigenvalue weighted by Crippen LogP contribution is 2.38. The number of halogens is 1. The highest BCUT2D eigenvalue weighted by Gasteiger charge is 2.33. The summed E-state index contributed by atoms with van der Waals surface area (Å²) in [5.74, 6) is 1.08. The molecule has 70 valence electrons. The Hall–Kier alpha value is 0.150. The molecular weight excluding hydrogens is 216 g/mol. The summed E-state index contributed by atoms with van der Waals surface area (Å²) in [5.41, 5.74) is 0.354. The van der Waals surface area contributed by atoms with Gasteiger partial charge in [-0.2, -0.15) is 0 Å². The van der Waals surface area contributed by atoms with Crippen molar-refractivity contribution >= 4 is 21.7 Å². The molecule has 2 atom stereocenters. The third kappa shape index (κ3) is 2.32. The summed E-state index contributed by atoms with van der Waals surface area (Å²) >= 11 is 3.44. The second-order valence-corrected chi connectivity index (χ2v) is 5.88. The lowest BCUT2D eigenvalue weighted by atomic mass is 9.72. The monoisotopic (exact) mass is 232 g/mol. The Labute approximate surface area is 83.0 Å². The molecule has 0 radical (unpaired) electrons. The third-order valence-electron chi connectivity index (χ3n) is 2.80. The van der Waals surface area contributed by atoms with E-state index >= 15 is 0 Å². The van der Waals surface area contributed by atoms with E-state index in [2.05, 4.69) is 36.7 Å². The van der Waals surface area contributed by atoms with Gasteiger partial charge in [0.25, 0.3) is 0 Å². The van der Waals surface area contributed by atoms with Crippen LogP contribution in [0, 0.1) is 11.3 Å². The van der Waals surface area contributed by atoms with Crippen molar-refractivity contribution in [1.29, 1.82) is 0 Å². The summed E-state index contributed by atoms with van der Waals surface area (Å²) in [6.07, 6.45) is 2.85. The SMILES string of the molecule is CC(C)(C)[C@H]1CCC(=O)[C@@H](Br)C1. The second kappa shape index (κ2) is 3.49. The lowest BCUT2D eigenvalue weighted by Gasteiger charge is -2.35. The molecule has 12 heavy (non-hydrogen) atoms. The zero-order chi connectivity index (χ0) is 9.35. The van der Waals surface area contributed by atoms with E-state index in [1.54, 1.807) is 0 Å². The van der Waals surface area contributed by atoms with Gasteiger partial charge < -0.3 is 0 Å². The third-order valence-corrected chi connectivity index (χ3v) is 3.69. The van der Waals surface area contributed by atoms with Gasteiger partial charge in [-0.1, -0.05) is 36.7 Å². The van der Waals surface area contributed by atoms with E-state index in [4.69, 9.17) is 0 Å². The van der Waals surface area contributed by atoms with E-state index in [1.165, 1.54) is 0 Å². The number of carbonyl (C=O) groups excluding carboxylic acids is 1. The molecule has 1 saturated carbocycles. The highest BCUT2D eigenvalue weighted by atomic mass is 79.9. The molecule has 1 rings (SSSR count). The van der Waals surface area contributed by atoms with E-state index in [-0.39, 0.29) is 4.83 Å². The smallest absolute Gasteiger partial charge is 0.146 e. The molecule has 0 amide bonds. The zero-order valence-electron chi connectivity index (χ0n) is 8.06. The van der Waals surface area contributed by atoms with Gasteiger partial charge in [0.05, 0.1) is 4.83 Å². The quantitative estimate of drug-likeness (QED) is 0.587. The van der Waals surface area contributed by atoms with Gasteiger partial charge in [-0.25, -0.2) is 0 Å². The van der Waals surface area contributed by atoms with E-state index in [0.717, 1.165) is 19.3 Å². The van der Waals surface area contributed by atoms with Gasteiger partial charge in [-0.15, -0.1) is 0 Å². The van der Waals surface area contributed by atoms with Gasteiger partial charge in [0.1, 0.15) is 5.78 Å². The minimum absolute atomic E-state index is 0.121. The van der Waals surface area contributed by atoms with Crippen molar-refractivity contribution in [3.8, 4) is 0 Å². The maximum atomic E-state index is 11.2. The van der Waals surface area contributed by atoms with E-state index in [1.807, 2.05) is 0 Å². The van der Waals surface area contributed by atoms with Crippen LogP contribution in [0.1, 0.15) is 40.0 Å². The maximum absolute atomic E-state index is 11.2. The molecule has 1 fully saturated rings. The first kappa shape index (κ1) is 10.2. The fourth-order valence-corrected chi connectivity index (χ4v) is 2.44. The number of hydrogen-bond donors (Lipinski definition) is 0. The Balaban J connectivity index is 2.57. The van der Waals surface area contributed by atoms with Crippen molar-refractivity contribution in [2.45, 2.75) is 44.9 Å². The number of rotatable bonds is 0. The van der Waals surface area contributed by atoms with Crippen molar-refractivity contribution in [3.63, 3.8) is 0 Å². The van der Waals surface area contributed by atoms with E-state index in [0.29, 0.717) is 17.1 Å². The minimum atomic E-state index is 0.121. The normalized spacial score (nSPS) is 32.2. The summed E-state index contributed by atoms with van der Waals surface area (Å²) < 4.78 is 0. The molecule has 0 aromatic rings. The molecule has 0 aromatic heterocycles. The van der Waals surface area contributed by atoms with Gasteiger partial charge in [0.15, 0.2) is 0 Å². The molecule has 2 heteroatoms. The van der Waals surface area contributed by atoms with Crippen LogP contribution in [0.25, 0.3) is 0 Å². The number of ketones is 1. The van der Waals surface area contributed by atoms with Crippen molar-refractivity contribution in [1.82, 2.24) is 0 Å². The van der Waals surface area contributed by atoms with Gasteiger partial charge in [-0.3, -0.25) is 4.79 Å². The maximum Gasteiger partial charge on any atom is 0.146 e. The molecule has 0 unspecified atom stereocenters. The van der Waals surface area contributed by atoms with Crippen LogP contribution < -0.4 is 0 Å². The van der Waals surface area contributed by atoms with Crippen LogP contribution >= 0.6 is 15.9 Å². The van der Waals surface area contributed by atoms with Crippen LogP contribution in [0.3, 0.4) is 0 Å². The minimum Gasteiger partial charge on any atom is -0.298 e. The van der Waals surface area contributed by atoms with E-state index < -0.39 is 0 Å². The molecule has 0 aliphatic heterocycles. The Morgan fingerprint density at radius 2 is 2.00 bits per heavy atom. The van der Waals surface area contributed by atoms with Crippen molar-refractivity contribution in [2.75, 3.05) is 0 Å². The first-order valence-electron chi connectivity index (χ1n) is 4.58. The average molecular weight is 233 g/mol. The molecule has 0 aromatic carbocycles. The fourth-order valence-electron chi connectivity index (χ4n) is 1.76. The van der Waals surface area contributed by atoms with Crippen LogP contribution in [0.15, 0.2) is 0 Å². The predicted octanol–water partition coefficient (Wildman–Crippen LogP) is 3.17. The van der Waals surface area contributed by atoms with Crippen molar-refractivity contribution < 1.29 is 4.79 Å². The second-order valence-electron chi connectivity index (χ2n) is 4.77. The molecule has 0 N–H and O–H groups in total. The number of Topliss-reactive ketones (excluding diaryl/α,β-unsaturated/α-hetero) is 1. The predicted molar refractivity (Wildman–Crippen MR) is 54.5 cm³/mol. The number of hydrogen-bond acceptors (Lipinski definition) is 1. The van der Waals surface area contributed by atoms with E-state index in [9.17, 15) is 4.79 Å². The van der Waals surface area contributed by atoms with Crippen LogP contribution in [0.2, 0.25) is 0 Å². The summed E-state index contributed by atoms with van der Waals surface area (Å²) in [6, 6.07) is 0. The van der Waals surface area contributed by atoms with Gasteiger partial charge >= 0.3 is 0 Å². The van der Waals surface area contributed by atoms with Gasteiger partial charge in [0.2, 0.25) is 0 Å². The topological polar surface area (TPSA) is 17.1 Å². The molecule has 1 nitrogen and oxygen atoms in total. The molecule has 0 heterocycles. The van der Waals surface area contributed by atoms with Gasteiger partial charge in [0, 0.05) is 6.42 Å². The summed E-state index contributed by atoms with van der Waals surface area (Å²) in [4.78, 5) is 11.3. The van der Waals surface area contributed by atoms with Crippen LogP contribution in [0.5, 0.6) is 0 Å². The molecule has 1 aliphatic rings. The van der Waals surface area contributed by atoms with Gasteiger partial charge in [-0.05, 0) is 24.2 Å². The van der Waals surface area contributed by atoms with Crippen LogP contribution in [-0.2, 0) is 4.79 Å². The summed E-state index contributed by atoms with van der Waals surface area (Å²) in [6.45, 7) is 6.77. The lowest BCUT2D eigenvalue weighted by molar-refractivity contribution is -0.120. The highest BCUT2D eigenvalue weighted by molar-refractivity contribution is 9.10. The molecular formula is C10H17BrO. The molecule has 0 bridgehead atoms. The average Bonchev–Trinajstić information content (AvgIpc) is 1.92. The molecule has 1 aliphatic carbocycles. The van der Waals surface area contributed by atoms with Crippen molar-refractivity contribution in [3.05, 3.63) is 0 Å². The first-order valence-corrected chi connectivity index (χ1v) is 5.49. The fraction of sp³-hybridized carbons (Fsp3) is 0.900. The molecule has 0 spiro atoms. The molecule has 0 saturated heterocycles. The number of carbonyl (C=O) groups is 1. The Morgan fingerprint density at radius 3 is 2.42 bits per heavy atom. The Morgan fingerprint density at radius 1 is 1.42 bits per heavy atom. The summed E-state index contributed by atoms with van der Waals surface area (Å²) in [7, 11) is 0. The largest absolute Gasteiger partial charge is 0.298 e. The van der Waals surface area contributed by atoms with Crippen molar-refractivity contribution in [2.24, 2.45) is 11.3 Å². The van der Waals surface area contributed by atoms with Crippen LogP contribution in [-0.4, -0.2) is 10.6 Å². The first-order chi connectivity index (χ1) is 5.41. The lowest BCUT2D eigenvalue weighted by Crippen LogP contribution is -2.32. The van der Waals surface area contributed by atoms with Crippen LogP contribution in [0.4, 0.5) is 0 Å². The Bertz CT molecular complexity index is 181.